The fourth-order valence-electron chi connectivity index (χ4n) is 1.17. The third kappa shape index (κ3) is 3.37. The molecule has 0 aliphatic carbocycles. The predicted molar refractivity (Wildman–Crippen MR) is 70.8 cm³/mol. The molecule has 1 aromatic rings. The molecule has 1 aromatic heterocycles. The highest BCUT2D eigenvalue weighted by Gasteiger charge is 2.11. The van der Waals surface area contributed by atoms with Crippen LogP contribution in [-0.2, 0) is 0 Å². The average Bonchev–Trinajstić information content (AvgIpc) is 2.19. The molecule has 1 rings (SSSR count). The molecule has 4 heteroatoms. The first-order valence-electron chi connectivity index (χ1n) is 5.68. The van der Waals surface area contributed by atoms with Crippen LogP contribution in [0.1, 0.15) is 45.0 Å². The molecule has 0 fully saturated rings. The zero-order valence-electron chi connectivity index (χ0n) is 10.7. The molecule has 0 spiro atoms. The van der Waals surface area contributed by atoms with Crippen LogP contribution in [0.5, 0.6) is 0 Å². The van der Waals surface area contributed by atoms with Gasteiger partial charge in [-0.1, -0.05) is 27.7 Å². The van der Waals surface area contributed by atoms with Gasteiger partial charge in [0.1, 0.15) is 16.7 Å². The Labute approximate surface area is 102 Å². The first-order valence-corrected chi connectivity index (χ1v) is 6.67. The van der Waals surface area contributed by atoms with E-state index >= 15 is 0 Å². The number of nitrogen functional groups attached to an aromatic ring is 1. The minimum Gasteiger partial charge on any atom is -0.383 e. The second kappa shape index (κ2) is 5.53. The van der Waals surface area contributed by atoms with Crippen molar-refractivity contribution in [1.82, 2.24) is 9.97 Å². The molecule has 0 aliphatic rings. The van der Waals surface area contributed by atoms with Crippen LogP contribution in [0.2, 0.25) is 0 Å². The maximum atomic E-state index is 5.90. The molecular formula is C12H21N3S. The monoisotopic (exact) mass is 239 g/mol. The highest BCUT2D eigenvalue weighted by atomic mass is 32.2. The first-order chi connectivity index (χ1) is 7.41. The van der Waals surface area contributed by atoms with Crippen molar-refractivity contribution in [3.63, 3.8) is 0 Å². The van der Waals surface area contributed by atoms with Crippen molar-refractivity contribution >= 4 is 17.6 Å². The maximum absolute atomic E-state index is 5.90. The fourth-order valence-corrected chi connectivity index (χ4v) is 2.14. The van der Waals surface area contributed by atoms with E-state index in [1.807, 2.05) is 6.92 Å². The third-order valence-electron chi connectivity index (χ3n) is 2.23. The number of nitrogens with zero attached hydrogens (tertiary/aromatic N) is 2. The summed E-state index contributed by atoms with van der Waals surface area (Å²) in [5.74, 6) is 3.50. The summed E-state index contributed by atoms with van der Waals surface area (Å²) in [4.78, 5) is 8.89. The van der Waals surface area contributed by atoms with Crippen molar-refractivity contribution in [1.29, 1.82) is 0 Å². The number of rotatable bonds is 4. The minimum atomic E-state index is 0.321. The van der Waals surface area contributed by atoms with E-state index in [4.69, 9.17) is 5.73 Å². The summed E-state index contributed by atoms with van der Waals surface area (Å²) in [6, 6.07) is 0. The van der Waals surface area contributed by atoms with Crippen molar-refractivity contribution in [3.05, 3.63) is 11.4 Å². The Morgan fingerprint density at radius 1 is 1.19 bits per heavy atom. The Bertz CT molecular complexity index is 362. The molecule has 0 radical (unpaired) electrons. The van der Waals surface area contributed by atoms with Gasteiger partial charge in [0.05, 0.1) is 0 Å². The van der Waals surface area contributed by atoms with E-state index in [0.717, 1.165) is 22.2 Å². The zero-order chi connectivity index (χ0) is 12.3. The summed E-state index contributed by atoms with van der Waals surface area (Å²) in [5, 5.41) is 1.03. The highest BCUT2D eigenvalue weighted by Crippen LogP contribution is 2.26. The molecule has 0 amide bonds. The van der Waals surface area contributed by atoms with E-state index in [2.05, 4.69) is 37.7 Å². The van der Waals surface area contributed by atoms with Gasteiger partial charge in [0.2, 0.25) is 0 Å². The largest absolute Gasteiger partial charge is 0.383 e. The standard InChI is InChI=1S/C12H21N3S/c1-7(2)6-16-12-9(5)10(13)14-11(15-12)8(3)4/h7-8H,6H2,1-5H3,(H2,13,14,15). The van der Waals surface area contributed by atoms with Crippen molar-refractivity contribution < 1.29 is 0 Å². The van der Waals surface area contributed by atoms with E-state index < -0.39 is 0 Å². The molecule has 0 aromatic carbocycles. The lowest BCUT2D eigenvalue weighted by Gasteiger charge is -2.12. The second-order valence-electron chi connectivity index (χ2n) is 4.76. The molecule has 0 atom stereocenters. The number of hydrogen-bond acceptors (Lipinski definition) is 4. The van der Waals surface area contributed by atoms with Crippen LogP contribution in [0.3, 0.4) is 0 Å². The highest BCUT2D eigenvalue weighted by molar-refractivity contribution is 7.99. The van der Waals surface area contributed by atoms with Crippen LogP contribution < -0.4 is 5.73 Å². The van der Waals surface area contributed by atoms with Crippen molar-refractivity contribution in [2.75, 3.05) is 11.5 Å². The average molecular weight is 239 g/mol. The van der Waals surface area contributed by atoms with Crippen molar-refractivity contribution in [3.8, 4) is 0 Å². The molecule has 3 nitrogen and oxygen atoms in total. The Balaban J connectivity index is 2.97. The van der Waals surface area contributed by atoms with Crippen LogP contribution in [0.25, 0.3) is 0 Å². The molecule has 0 unspecified atom stereocenters. The number of anilines is 1. The predicted octanol–water partition coefficient (Wildman–Crippen LogP) is 3.24. The van der Waals surface area contributed by atoms with Crippen LogP contribution in [0.4, 0.5) is 5.82 Å². The van der Waals surface area contributed by atoms with Crippen LogP contribution >= 0.6 is 11.8 Å². The summed E-state index contributed by atoms with van der Waals surface area (Å²) in [6.45, 7) is 10.6. The van der Waals surface area contributed by atoms with E-state index in [1.54, 1.807) is 11.8 Å². The van der Waals surface area contributed by atoms with Gasteiger partial charge in [-0.15, -0.1) is 11.8 Å². The molecule has 16 heavy (non-hydrogen) atoms. The van der Waals surface area contributed by atoms with Gasteiger partial charge in [-0.2, -0.15) is 0 Å². The molecule has 2 N–H and O–H groups in total. The molecule has 0 saturated heterocycles. The lowest BCUT2D eigenvalue weighted by molar-refractivity contribution is 0.738. The number of thioether (sulfide) groups is 1. The third-order valence-corrected chi connectivity index (χ3v) is 3.73. The van der Waals surface area contributed by atoms with E-state index in [1.165, 1.54) is 0 Å². The fraction of sp³-hybridized carbons (Fsp3) is 0.667. The number of aromatic nitrogens is 2. The zero-order valence-corrected chi connectivity index (χ0v) is 11.6. The van der Waals surface area contributed by atoms with Gasteiger partial charge < -0.3 is 5.73 Å². The summed E-state index contributed by atoms with van der Waals surface area (Å²) in [6.07, 6.45) is 0. The Hall–Kier alpha value is -0.770. The van der Waals surface area contributed by atoms with Gasteiger partial charge in [0, 0.05) is 17.2 Å². The van der Waals surface area contributed by atoms with E-state index in [9.17, 15) is 0 Å². The quantitative estimate of drug-likeness (QED) is 0.647. The maximum Gasteiger partial charge on any atom is 0.134 e. The van der Waals surface area contributed by atoms with Crippen LogP contribution in [0, 0.1) is 12.8 Å². The molecule has 0 saturated carbocycles. The summed E-state index contributed by atoms with van der Waals surface area (Å²) >= 11 is 1.77. The minimum absolute atomic E-state index is 0.321. The van der Waals surface area contributed by atoms with Gasteiger partial charge >= 0.3 is 0 Å². The van der Waals surface area contributed by atoms with Crippen LogP contribution in [0.15, 0.2) is 5.03 Å². The molecular weight excluding hydrogens is 218 g/mol. The topological polar surface area (TPSA) is 51.8 Å². The van der Waals surface area contributed by atoms with Crippen molar-refractivity contribution in [2.24, 2.45) is 5.92 Å². The molecule has 0 aliphatic heterocycles. The van der Waals surface area contributed by atoms with Crippen LogP contribution in [-0.4, -0.2) is 15.7 Å². The van der Waals surface area contributed by atoms with Gasteiger partial charge in [0.15, 0.2) is 0 Å². The van der Waals surface area contributed by atoms with Crippen molar-refractivity contribution in [2.45, 2.75) is 45.6 Å². The summed E-state index contributed by atoms with van der Waals surface area (Å²) in [5.41, 5.74) is 6.91. The van der Waals surface area contributed by atoms with Gasteiger partial charge in [-0.05, 0) is 12.8 Å². The van der Waals surface area contributed by atoms with E-state index in [-0.39, 0.29) is 0 Å². The Morgan fingerprint density at radius 2 is 1.81 bits per heavy atom. The molecule has 0 bridgehead atoms. The van der Waals surface area contributed by atoms with Gasteiger partial charge in [-0.3, -0.25) is 0 Å². The SMILES string of the molecule is Cc1c(N)nc(C(C)C)nc1SCC(C)C. The normalized spacial score (nSPS) is 11.4. The molecule has 1 heterocycles. The Morgan fingerprint density at radius 3 is 2.31 bits per heavy atom. The van der Waals surface area contributed by atoms with E-state index in [0.29, 0.717) is 17.7 Å². The lowest BCUT2D eigenvalue weighted by Crippen LogP contribution is -2.06. The first kappa shape index (κ1) is 13.3. The molecule has 90 valence electrons. The van der Waals surface area contributed by atoms with Gasteiger partial charge in [0.25, 0.3) is 0 Å². The number of hydrogen-bond donors (Lipinski definition) is 1. The van der Waals surface area contributed by atoms with Gasteiger partial charge in [-0.25, -0.2) is 9.97 Å². The Kier molecular flexibility index (Phi) is 4.59. The summed E-state index contributed by atoms with van der Waals surface area (Å²) in [7, 11) is 0. The second-order valence-corrected chi connectivity index (χ2v) is 5.77. The number of nitrogens with two attached hydrogens (primary N) is 1. The lowest BCUT2D eigenvalue weighted by atomic mass is 10.2. The smallest absolute Gasteiger partial charge is 0.134 e. The summed E-state index contributed by atoms with van der Waals surface area (Å²) < 4.78 is 0.